The van der Waals surface area contributed by atoms with E-state index in [9.17, 15) is 19.2 Å². The minimum atomic E-state index is -0.774. The van der Waals surface area contributed by atoms with Crippen molar-refractivity contribution in [3.8, 4) is 0 Å². The van der Waals surface area contributed by atoms with E-state index in [-0.39, 0.29) is 29.0 Å². The highest BCUT2D eigenvalue weighted by atomic mass is 32.2. The second kappa shape index (κ2) is 8.72. The summed E-state index contributed by atoms with van der Waals surface area (Å²) < 4.78 is 1.21. The summed E-state index contributed by atoms with van der Waals surface area (Å²) in [5.41, 5.74) is 5.00. The maximum Gasteiger partial charge on any atom is 0.329 e. The zero-order chi connectivity index (χ0) is 20.1. The van der Waals surface area contributed by atoms with Crippen molar-refractivity contribution in [3.63, 3.8) is 0 Å². The molecule has 0 bridgehead atoms. The van der Waals surface area contributed by atoms with E-state index in [0.29, 0.717) is 12.2 Å². The Morgan fingerprint density at radius 3 is 2.41 bits per heavy atom. The summed E-state index contributed by atoms with van der Waals surface area (Å²) in [6.45, 7) is 5.53. The van der Waals surface area contributed by atoms with Crippen molar-refractivity contribution in [2.45, 2.75) is 32.2 Å². The van der Waals surface area contributed by atoms with Crippen molar-refractivity contribution >= 4 is 35.0 Å². The summed E-state index contributed by atoms with van der Waals surface area (Å²) in [5, 5.41) is 2.66. The number of nitrogens with one attached hydrogen (secondary N) is 2. The normalized spacial score (nSPS) is 10.8. The number of amides is 1. The van der Waals surface area contributed by atoms with E-state index < -0.39 is 17.0 Å². The molecule has 8 nitrogen and oxygen atoms in total. The molecule has 0 radical (unpaired) electrons. The maximum absolute atomic E-state index is 12.5. The number of aromatic amines is 1. The number of aromatic nitrogens is 2. The molecule has 2 rings (SSSR count). The molecule has 1 aromatic heterocycles. The molecule has 1 amide bonds. The van der Waals surface area contributed by atoms with Gasteiger partial charge in [-0.25, -0.2) is 4.79 Å². The van der Waals surface area contributed by atoms with Crippen LogP contribution in [0.1, 0.15) is 31.1 Å². The molecule has 0 atom stereocenters. The van der Waals surface area contributed by atoms with Crippen LogP contribution in [0.25, 0.3) is 0 Å². The second-order valence-corrected chi connectivity index (χ2v) is 7.49. The molecule has 0 saturated carbocycles. The number of hydrogen-bond acceptors (Lipinski definition) is 6. The number of anilines is 2. The average molecular weight is 390 g/mol. The molecule has 0 aliphatic rings. The van der Waals surface area contributed by atoms with Gasteiger partial charge in [-0.15, -0.1) is 11.8 Å². The minimum absolute atomic E-state index is 0.00730. The highest BCUT2D eigenvalue weighted by Gasteiger charge is 2.19. The number of Topliss-reactive ketones (excluding diaryl/α,β-unsaturated/α-hetero) is 1. The van der Waals surface area contributed by atoms with Crippen LogP contribution in [-0.4, -0.2) is 27.0 Å². The zero-order valence-corrected chi connectivity index (χ0v) is 16.2. The summed E-state index contributed by atoms with van der Waals surface area (Å²) in [7, 11) is 0. The van der Waals surface area contributed by atoms with Gasteiger partial charge in [-0.1, -0.05) is 13.8 Å². The molecule has 144 valence electrons. The third kappa shape index (κ3) is 5.33. The van der Waals surface area contributed by atoms with Gasteiger partial charge in [-0.05, 0) is 30.2 Å². The molecule has 1 aromatic carbocycles. The van der Waals surface area contributed by atoms with Gasteiger partial charge in [0, 0.05) is 24.1 Å². The van der Waals surface area contributed by atoms with Crippen molar-refractivity contribution in [1.29, 1.82) is 0 Å². The number of H-pyrrole nitrogens is 1. The fourth-order valence-corrected chi connectivity index (χ4v) is 3.23. The first-order valence-corrected chi connectivity index (χ1v) is 9.33. The Morgan fingerprint density at radius 2 is 1.85 bits per heavy atom. The smallest absolute Gasteiger partial charge is 0.329 e. The van der Waals surface area contributed by atoms with Gasteiger partial charge in [0.15, 0.2) is 5.78 Å². The molecule has 0 fully saturated rings. The van der Waals surface area contributed by atoms with Crippen molar-refractivity contribution in [3.05, 3.63) is 50.7 Å². The Hall–Kier alpha value is -2.81. The lowest BCUT2D eigenvalue weighted by atomic mass is 10.2. The SMILES string of the molecule is CC(=O)Nc1ccc(SCC(=O)c2c(N)n(CC(C)C)c(=O)[nH]c2=O)cc1. The summed E-state index contributed by atoms with van der Waals surface area (Å²) in [6, 6.07) is 6.96. The first kappa shape index (κ1) is 20.5. The van der Waals surface area contributed by atoms with Crippen LogP contribution >= 0.6 is 11.8 Å². The third-order valence-corrected chi connectivity index (χ3v) is 4.62. The second-order valence-electron chi connectivity index (χ2n) is 6.44. The van der Waals surface area contributed by atoms with Gasteiger partial charge in [-0.3, -0.25) is 23.9 Å². The van der Waals surface area contributed by atoms with Crippen molar-refractivity contribution in [2.24, 2.45) is 5.92 Å². The Kier molecular flexibility index (Phi) is 6.62. The molecule has 0 spiro atoms. The number of rotatable bonds is 7. The molecule has 1 heterocycles. The molecule has 4 N–H and O–H groups in total. The fourth-order valence-electron chi connectivity index (χ4n) is 2.46. The zero-order valence-electron chi connectivity index (χ0n) is 15.4. The molecule has 27 heavy (non-hydrogen) atoms. The number of nitrogens with two attached hydrogens (primary N) is 1. The number of nitrogen functional groups attached to an aromatic ring is 1. The summed E-state index contributed by atoms with van der Waals surface area (Å²) in [5.74, 6) is -0.620. The molecule has 0 aliphatic heterocycles. The van der Waals surface area contributed by atoms with E-state index in [1.54, 1.807) is 24.3 Å². The van der Waals surface area contributed by atoms with E-state index in [0.717, 1.165) is 4.90 Å². The monoisotopic (exact) mass is 390 g/mol. The van der Waals surface area contributed by atoms with Crippen molar-refractivity contribution < 1.29 is 9.59 Å². The highest BCUT2D eigenvalue weighted by molar-refractivity contribution is 8.00. The van der Waals surface area contributed by atoms with Gasteiger partial charge < -0.3 is 11.1 Å². The Labute approximate surface area is 160 Å². The van der Waals surface area contributed by atoms with E-state index in [1.807, 2.05) is 13.8 Å². The van der Waals surface area contributed by atoms with Crippen LogP contribution in [0, 0.1) is 5.92 Å². The summed E-state index contributed by atoms with van der Waals surface area (Å²) >= 11 is 1.23. The molecule has 0 unspecified atom stereocenters. The lowest BCUT2D eigenvalue weighted by molar-refractivity contribution is -0.114. The van der Waals surface area contributed by atoms with Crippen LogP contribution in [0.4, 0.5) is 11.5 Å². The standard InChI is InChI=1S/C18H22N4O4S/c1-10(2)8-22-16(19)15(17(25)21-18(22)26)14(24)9-27-13-6-4-12(5-7-13)20-11(3)23/h4-7,10H,8-9,19H2,1-3H3,(H,20,23)(H,21,25,26). The predicted octanol–water partition coefficient (Wildman–Crippen LogP) is 1.71. The van der Waals surface area contributed by atoms with Crippen LogP contribution in [0.15, 0.2) is 38.8 Å². The maximum atomic E-state index is 12.5. The predicted molar refractivity (Wildman–Crippen MR) is 106 cm³/mol. The topological polar surface area (TPSA) is 127 Å². The van der Waals surface area contributed by atoms with Crippen LogP contribution in [0.5, 0.6) is 0 Å². The first-order valence-electron chi connectivity index (χ1n) is 8.35. The molecule has 0 aliphatic carbocycles. The van der Waals surface area contributed by atoms with E-state index >= 15 is 0 Å². The molecule has 9 heteroatoms. The quantitative estimate of drug-likeness (QED) is 0.488. The average Bonchev–Trinajstić information content (AvgIpc) is 2.57. The first-order chi connectivity index (χ1) is 12.7. The number of nitrogens with zero attached hydrogens (tertiary/aromatic N) is 1. The number of thioether (sulfide) groups is 1. The number of carbonyl (C=O) groups excluding carboxylic acids is 2. The Bertz CT molecular complexity index is 961. The molecular weight excluding hydrogens is 368 g/mol. The van der Waals surface area contributed by atoms with Gasteiger partial charge in [0.2, 0.25) is 5.91 Å². The van der Waals surface area contributed by atoms with Gasteiger partial charge in [-0.2, -0.15) is 0 Å². The van der Waals surface area contributed by atoms with Gasteiger partial charge >= 0.3 is 5.69 Å². The van der Waals surface area contributed by atoms with Gasteiger partial charge in [0.05, 0.1) is 5.75 Å². The molecule has 0 saturated heterocycles. The van der Waals surface area contributed by atoms with Gasteiger partial charge in [0.1, 0.15) is 11.4 Å². The number of hydrogen-bond donors (Lipinski definition) is 3. The number of benzene rings is 1. The number of ketones is 1. The van der Waals surface area contributed by atoms with Crippen LogP contribution in [0.2, 0.25) is 0 Å². The van der Waals surface area contributed by atoms with Gasteiger partial charge in [0.25, 0.3) is 5.56 Å². The van der Waals surface area contributed by atoms with E-state index in [1.165, 1.54) is 23.3 Å². The number of carbonyl (C=O) groups is 2. The molecule has 2 aromatic rings. The lowest BCUT2D eigenvalue weighted by Crippen LogP contribution is -2.37. The lowest BCUT2D eigenvalue weighted by Gasteiger charge is -2.13. The fraction of sp³-hybridized carbons (Fsp3) is 0.333. The van der Waals surface area contributed by atoms with E-state index in [4.69, 9.17) is 5.73 Å². The summed E-state index contributed by atoms with van der Waals surface area (Å²) in [6.07, 6.45) is 0. The highest BCUT2D eigenvalue weighted by Crippen LogP contribution is 2.22. The Morgan fingerprint density at radius 1 is 1.22 bits per heavy atom. The van der Waals surface area contributed by atoms with Crippen LogP contribution < -0.4 is 22.3 Å². The van der Waals surface area contributed by atoms with E-state index in [2.05, 4.69) is 10.3 Å². The largest absolute Gasteiger partial charge is 0.384 e. The van der Waals surface area contributed by atoms with Crippen molar-refractivity contribution in [1.82, 2.24) is 9.55 Å². The van der Waals surface area contributed by atoms with Crippen LogP contribution in [-0.2, 0) is 11.3 Å². The minimum Gasteiger partial charge on any atom is -0.384 e. The Balaban J connectivity index is 2.17. The van der Waals surface area contributed by atoms with Crippen LogP contribution in [0.3, 0.4) is 0 Å². The third-order valence-electron chi connectivity index (χ3n) is 3.61. The van der Waals surface area contributed by atoms with Crippen molar-refractivity contribution in [2.75, 3.05) is 16.8 Å². The molecular formula is C18H22N4O4S. The summed E-state index contributed by atoms with van der Waals surface area (Å²) in [4.78, 5) is 50.5.